The second kappa shape index (κ2) is 9.58. The van der Waals surface area contributed by atoms with Gasteiger partial charge in [-0.3, -0.25) is 4.79 Å². The van der Waals surface area contributed by atoms with Crippen LogP contribution in [-0.4, -0.2) is 36.8 Å². The number of carbonyl (C=O) groups excluding carboxylic acids is 2. The van der Waals surface area contributed by atoms with E-state index >= 15 is 0 Å². The molecule has 1 aliphatic rings. The summed E-state index contributed by atoms with van der Waals surface area (Å²) in [4.78, 5) is 30.1. The van der Waals surface area contributed by atoms with Crippen LogP contribution in [0.1, 0.15) is 51.6 Å². The van der Waals surface area contributed by atoms with Gasteiger partial charge in [0.1, 0.15) is 0 Å². The van der Waals surface area contributed by atoms with E-state index in [9.17, 15) is 9.59 Å². The maximum absolute atomic E-state index is 13.0. The molecule has 0 fully saturated rings. The summed E-state index contributed by atoms with van der Waals surface area (Å²) in [5.41, 5.74) is 4.61. The molecule has 3 aromatic rings. The number of aryl methyl sites for hydroxylation is 2. The van der Waals surface area contributed by atoms with Gasteiger partial charge in [-0.05, 0) is 74.1 Å². The third kappa shape index (κ3) is 4.62. The SMILES string of the molecule is CCOC(=O)c1ccc2c(c1)sc(=NC(=O)c1ccc3c(c1)CCCC3)n2CCOC. The van der Waals surface area contributed by atoms with Crippen LogP contribution in [0.2, 0.25) is 0 Å². The zero-order valence-electron chi connectivity index (χ0n) is 17.8. The van der Waals surface area contributed by atoms with Gasteiger partial charge >= 0.3 is 5.97 Å². The predicted octanol–water partition coefficient (Wildman–Crippen LogP) is 4.15. The second-order valence-corrected chi connectivity index (χ2v) is 8.55. The maximum atomic E-state index is 13.0. The summed E-state index contributed by atoms with van der Waals surface area (Å²) in [6.07, 6.45) is 4.47. The minimum atomic E-state index is -0.357. The van der Waals surface area contributed by atoms with Gasteiger partial charge in [0.05, 0.1) is 29.0 Å². The highest BCUT2D eigenvalue weighted by Gasteiger charge is 2.15. The van der Waals surface area contributed by atoms with Crippen LogP contribution in [0, 0.1) is 0 Å². The van der Waals surface area contributed by atoms with Crippen molar-refractivity contribution in [3.8, 4) is 0 Å². The van der Waals surface area contributed by atoms with E-state index in [0.717, 1.165) is 29.5 Å². The van der Waals surface area contributed by atoms with Crippen molar-refractivity contribution in [2.75, 3.05) is 20.3 Å². The number of carbonyl (C=O) groups is 2. The number of hydrogen-bond acceptors (Lipinski definition) is 5. The van der Waals surface area contributed by atoms with Gasteiger partial charge in [-0.2, -0.15) is 4.99 Å². The fourth-order valence-corrected chi connectivity index (χ4v) is 5.01. The highest BCUT2D eigenvalue weighted by atomic mass is 32.1. The molecular formula is C24H26N2O4S. The van der Waals surface area contributed by atoms with Crippen LogP contribution in [0.25, 0.3) is 10.2 Å². The molecule has 0 spiro atoms. The Balaban J connectivity index is 1.74. The summed E-state index contributed by atoms with van der Waals surface area (Å²) in [5, 5.41) is 0. The van der Waals surface area contributed by atoms with Gasteiger partial charge in [-0.1, -0.05) is 17.4 Å². The largest absolute Gasteiger partial charge is 0.462 e. The van der Waals surface area contributed by atoms with Crippen LogP contribution < -0.4 is 4.80 Å². The Labute approximate surface area is 185 Å². The van der Waals surface area contributed by atoms with E-state index in [1.807, 2.05) is 22.8 Å². The summed E-state index contributed by atoms with van der Waals surface area (Å²) >= 11 is 1.39. The number of fused-ring (bicyclic) bond motifs is 2. The predicted molar refractivity (Wildman–Crippen MR) is 121 cm³/mol. The highest BCUT2D eigenvalue weighted by molar-refractivity contribution is 7.16. The molecule has 31 heavy (non-hydrogen) atoms. The van der Waals surface area contributed by atoms with E-state index in [4.69, 9.17) is 9.47 Å². The van der Waals surface area contributed by atoms with E-state index < -0.39 is 0 Å². The first-order valence-electron chi connectivity index (χ1n) is 10.6. The van der Waals surface area contributed by atoms with Crippen molar-refractivity contribution in [2.45, 2.75) is 39.2 Å². The topological polar surface area (TPSA) is 69.9 Å². The molecule has 0 saturated heterocycles. The van der Waals surface area contributed by atoms with Gasteiger partial charge < -0.3 is 14.0 Å². The normalized spacial score (nSPS) is 13.9. The van der Waals surface area contributed by atoms with Gasteiger partial charge in [0.2, 0.25) is 0 Å². The van der Waals surface area contributed by atoms with E-state index in [0.29, 0.717) is 35.7 Å². The van der Waals surface area contributed by atoms with Crippen molar-refractivity contribution in [3.63, 3.8) is 0 Å². The van der Waals surface area contributed by atoms with Crippen molar-refractivity contribution in [1.29, 1.82) is 0 Å². The Morgan fingerprint density at radius 3 is 2.61 bits per heavy atom. The Hall–Kier alpha value is -2.77. The van der Waals surface area contributed by atoms with Gasteiger partial charge in [-0.15, -0.1) is 0 Å². The maximum Gasteiger partial charge on any atom is 0.338 e. The van der Waals surface area contributed by atoms with Crippen LogP contribution in [0.3, 0.4) is 0 Å². The molecule has 0 N–H and O–H groups in total. The molecule has 0 bridgehead atoms. The van der Waals surface area contributed by atoms with Crippen molar-refractivity contribution in [1.82, 2.24) is 4.57 Å². The lowest BCUT2D eigenvalue weighted by Gasteiger charge is -2.15. The molecule has 0 radical (unpaired) electrons. The number of benzene rings is 2. The van der Waals surface area contributed by atoms with Crippen LogP contribution >= 0.6 is 11.3 Å². The fourth-order valence-electron chi connectivity index (χ4n) is 3.92. The summed E-state index contributed by atoms with van der Waals surface area (Å²) in [6, 6.07) is 11.3. The number of esters is 1. The van der Waals surface area contributed by atoms with Gasteiger partial charge in [0.25, 0.3) is 5.91 Å². The minimum absolute atomic E-state index is 0.253. The van der Waals surface area contributed by atoms with Crippen molar-refractivity contribution in [3.05, 3.63) is 63.5 Å². The third-order valence-electron chi connectivity index (χ3n) is 5.51. The summed E-state index contributed by atoms with van der Waals surface area (Å²) in [5.74, 6) is -0.610. The molecule has 0 aliphatic heterocycles. The van der Waals surface area contributed by atoms with E-state index in [1.54, 1.807) is 26.2 Å². The number of ether oxygens (including phenoxy) is 2. The van der Waals surface area contributed by atoms with Crippen LogP contribution in [0.15, 0.2) is 41.4 Å². The molecule has 0 atom stereocenters. The van der Waals surface area contributed by atoms with Gasteiger partial charge in [0, 0.05) is 19.2 Å². The molecule has 2 aromatic carbocycles. The van der Waals surface area contributed by atoms with Crippen LogP contribution in [-0.2, 0) is 28.9 Å². The molecule has 4 rings (SSSR count). The summed E-state index contributed by atoms with van der Waals surface area (Å²) < 4.78 is 13.2. The first kappa shape index (κ1) is 21.5. The molecule has 6 nitrogen and oxygen atoms in total. The Bertz CT molecular complexity index is 1190. The lowest BCUT2D eigenvalue weighted by Crippen LogP contribution is -2.19. The third-order valence-corrected chi connectivity index (χ3v) is 6.55. The molecule has 0 unspecified atom stereocenters. The Kier molecular flexibility index (Phi) is 6.63. The summed E-state index contributed by atoms with van der Waals surface area (Å²) in [6.45, 7) is 3.16. The number of methoxy groups -OCH3 is 1. The molecule has 1 heterocycles. The molecule has 7 heteroatoms. The zero-order chi connectivity index (χ0) is 21.8. The quantitative estimate of drug-likeness (QED) is 0.542. The molecule has 1 aliphatic carbocycles. The fraction of sp³-hybridized carbons (Fsp3) is 0.375. The Morgan fingerprint density at radius 1 is 1.06 bits per heavy atom. The average molecular weight is 439 g/mol. The van der Waals surface area contributed by atoms with Crippen LogP contribution in [0.4, 0.5) is 0 Å². The number of rotatable bonds is 6. The zero-order valence-corrected chi connectivity index (χ0v) is 18.7. The number of aromatic nitrogens is 1. The van der Waals surface area contributed by atoms with Gasteiger partial charge in [-0.25, -0.2) is 4.79 Å². The molecule has 1 amide bonds. The van der Waals surface area contributed by atoms with Crippen molar-refractivity contribution >= 4 is 33.4 Å². The van der Waals surface area contributed by atoms with Crippen LogP contribution in [0.5, 0.6) is 0 Å². The molecule has 1 aromatic heterocycles. The molecule has 0 saturated carbocycles. The van der Waals surface area contributed by atoms with Crippen molar-refractivity contribution in [2.24, 2.45) is 4.99 Å². The molecular weight excluding hydrogens is 412 g/mol. The Morgan fingerprint density at radius 2 is 1.84 bits per heavy atom. The smallest absolute Gasteiger partial charge is 0.338 e. The number of amides is 1. The first-order valence-corrected chi connectivity index (χ1v) is 11.4. The standard InChI is InChI=1S/C24H26N2O4S/c1-3-30-23(28)19-10-11-20-21(15-19)31-24(26(20)12-13-29-2)25-22(27)18-9-8-16-6-4-5-7-17(16)14-18/h8-11,14-15H,3-7,12-13H2,1-2H3. The highest BCUT2D eigenvalue weighted by Crippen LogP contribution is 2.23. The lowest BCUT2D eigenvalue weighted by atomic mass is 9.90. The van der Waals surface area contributed by atoms with Gasteiger partial charge in [0.15, 0.2) is 4.80 Å². The van der Waals surface area contributed by atoms with E-state index in [2.05, 4.69) is 11.1 Å². The minimum Gasteiger partial charge on any atom is -0.462 e. The van der Waals surface area contributed by atoms with E-state index in [1.165, 1.54) is 28.9 Å². The van der Waals surface area contributed by atoms with E-state index in [-0.39, 0.29) is 11.9 Å². The number of thiazole rings is 1. The monoisotopic (exact) mass is 438 g/mol. The average Bonchev–Trinajstić information content (AvgIpc) is 3.13. The first-order chi connectivity index (χ1) is 15.1. The summed E-state index contributed by atoms with van der Waals surface area (Å²) in [7, 11) is 1.64. The number of hydrogen-bond donors (Lipinski definition) is 0. The van der Waals surface area contributed by atoms with Crippen molar-refractivity contribution < 1.29 is 19.1 Å². The number of nitrogens with zero attached hydrogens (tertiary/aromatic N) is 2. The lowest BCUT2D eigenvalue weighted by molar-refractivity contribution is 0.0526. The second-order valence-electron chi connectivity index (χ2n) is 7.54. The molecule has 162 valence electrons.